The van der Waals surface area contributed by atoms with Gasteiger partial charge in [0, 0.05) is 25.5 Å². The molecule has 0 aliphatic carbocycles. The van der Waals surface area contributed by atoms with E-state index in [4.69, 9.17) is 4.74 Å². The topological polar surface area (TPSA) is 84.7 Å². The van der Waals surface area contributed by atoms with Gasteiger partial charge in [0.2, 0.25) is 0 Å². The van der Waals surface area contributed by atoms with Gasteiger partial charge in [-0.05, 0) is 47.9 Å². The molecule has 38 heavy (non-hydrogen) atoms. The zero-order valence-electron chi connectivity index (χ0n) is 20.7. The molecule has 7 nitrogen and oxygen atoms in total. The molecule has 0 saturated heterocycles. The number of aryl methyl sites for hydroxylation is 1. The molecule has 0 radical (unpaired) electrons. The largest absolute Gasteiger partial charge is 0.503 e. The number of allylic oxidation sites excluding steroid dienone is 1. The van der Waals surface area contributed by atoms with Crippen LogP contribution >= 0.6 is 0 Å². The van der Waals surface area contributed by atoms with Crippen LogP contribution in [0.1, 0.15) is 23.6 Å². The number of nitrogens with zero attached hydrogens (tertiary/aromatic N) is 3. The smallest absolute Gasteiger partial charge is 0.290 e. The molecule has 1 unspecified atom stereocenters. The first-order valence-corrected chi connectivity index (χ1v) is 12.4. The maximum Gasteiger partial charge on any atom is 0.290 e. The van der Waals surface area contributed by atoms with Gasteiger partial charge in [-0.25, -0.2) is 4.98 Å². The van der Waals surface area contributed by atoms with Crippen molar-refractivity contribution in [3.8, 4) is 11.5 Å². The van der Waals surface area contributed by atoms with Gasteiger partial charge in [-0.3, -0.25) is 9.59 Å². The number of carbonyl (C=O) groups is 2. The maximum atomic E-state index is 13.4. The molecule has 3 aromatic carbocycles. The fourth-order valence-corrected chi connectivity index (χ4v) is 4.52. The molecule has 7 heteroatoms. The van der Waals surface area contributed by atoms with Gasteiger partial charge in [0.25, 0.3) is 5.91 Å². The summed E-state index contributed by atoms with van der Waals surface area (Å²) in [5.74, 6) is -0.264. The molecule has 0 saturated carbocycles. The molecule has 0 spiro atoms. The number of amides is 1. The van der Waals surface area contributed by atoms with Crippen molar-refractivity contribution >= 4 is 17.8 Å². The molecule has 1 aliphatic rings. The standard InChI is InChI=1S/C31H27N3O4/c35-27(16-15-23-9-3-1-4-10-23)28-29(24-11-7-14-26(21-24)38-25-12-5-2-6-13-25)34(31(37)30(28)36)19-8-18-33-20-17-32-22-33/h1-7,9-17,20-22,29,36H,8,18-19H2. The Hall–Kier alpha value is -4.91. The summed E-state index contributed by atoms with van der Waals surface area (Å²) in [6, 6.07) is 25.3. The summed E-state index contributed by atoms with van der Waals surface area (Å²) in [6.07, 6.45) is 8.97. The van der Waals surface area contributed by atoms with Crippen molar-refractivity contribution < 1.29 is 19.4 Å². The van der Waals surface area contributed by atoms with Crippen LogP contribution in [-0.4, -0.2) is 37.8 Å². The van der Waals surface area contributed by atoms with Crippen LogP contribution in [0.4, 0.5) is 0 Å². The predicted molar refractivity (Wildman–Crippen MR) is 144 cm³/mol. The molecular formula is C31H27N3O4. The Morgan fingerprint density at radius 1 is 0.947 bits per heavy atom. The fourth-order valence-electron chi connectivity index (χ4n) is 4.52. The molecule has 0 bridgehead atoms. The molecule has 1 aliphatic heterocycles. The second kappa shape index (κ2) is 11.4. The summed E-state index contributed by atoms with van der Waals surface area (Å²) in [5.41, 5.74) is 1.58. The molecule has 4 aromatic rings. The lowest BCUT2D eigenvalue weighted by Gasteiger charge is -2.27. The SMILES string of the molecule is O=C(C=Cc1ccccc1)C1=C(O)C(=O)N(CCCn2ccnc2)C1c1cccc(Oc2ccccc2)c1. The summed E-state index contributed by atoms with van der Waals surface area (Å²) in [4.78, 5) is 32.3. The van der Waals surface area contributed by atoms with Gasteiger partial charge < -0.3 is 19.3 Å². The van der Waals surface area contributed by atoms with Gasteiger partial charge in [-0.1, -0.05) is 66.7 Å². The van der Waals surface area contributed by atoms with E-state index in [1.165, 1.54) is 6.08 Å². The number of aromatic nitrogens is 2. The van der Waals surface area contributed by atoms with Crippen LogP contribution in [0.25, 0.3) is 6.08 Å². The van der Waals surface area contributed by atoms with E-state index in [2.05, 4.69) is 4.98 Å². The van der Waals surface area contributed by atoms with Gasteiger partial charge in [0.15, 0.2) is 11.5 Å². The highest BCUT2D eigenvalue weighted by Gasteiger charge is 2.42. The second-order valence-electron chi connectivity index (χ2n) is 8.91. The fraction of sp³-hybridized carbons (Fsp3) is 0.129. The normalized spacial score (nSPS) is 15.4. The first-order valence-electron chi connectivity index (χ1n) is 12.4. The third kappa shape index (κ3) is 5.57. The van der Waals surface area contributed by atoms with Crippen molar-refractivity contribution in [1.82, 2.24) is 14.5 Å². The summed E-state index contributed by atoms with van der Waals surface area (Å²) >= 11 is 0. The molecular weight excluding hydrogens is 478 g/mol. The van der Waals surface area contributed by atoms with Gasteiger partial charge in [0.1, 0.15) is 11.5 Å². The number of carbonyl (C=O) groups excluding carboxylic acids is 2. The van der Waals surface area contributed by atoms with Crippen LogP contribution < -0.4 is 4.74 Å². The zero-order chi connectivity index (χ0) is 26.3. The first kappa shape index (κ1) is 24.8. The first-order chi connectivity index (χ1) is 18.6. The Labute approximate surface area is 220 Å². The minimum absolute atomic E-state index is 0.0571. The lowest BCUT2D eigenvalue weighted by molar-refractivity contribution is -0.129. The molecule has 190 valence electrons. The summed E-state index contributed by atoms with van der Waals surface area (Å²) in [6.45, 7) is 0.986. The number of benzene rings is 3. The van der Waals surface area contributed by atoms with Crippen molar-refractivity contribution in [2.75, 3.05) is 6.54 Å². The van der Waals surface area contributed by atoms with Gasteiger partial charge in [-0.15, -0.1) is 0 Å². The average molecular weight is 506 g/mol. The summed E-state index contributed by atoms with van der Waals surface area (Å²) < 4.78 is 7.93. The highest BCUT2D eigenvalue weighted by molar-refractivity contribution is 6.14. The summed E-state index contributed by atoms with van der Waals surface area (Å²) in [7, 11) is 0. The van der Waals surface area contributed by atoms with E-state index in [9.17, 15) is 14.7 Å². The minimum atomic E-state index is -0.752. The van der Waals surface area contributed by atoms with E-state index >= 15 is 0 Å². The highest BCUT2D eigenvalue weighted by Crippen LogP contribution is 2.39. The number of ether oxygens (including phenoxy) is 1. The Kier molecular flexibility index (Phi) is 7.45. The van der Waals surface area contributed by atoms with Crippen molar-refractivity contribution in [1.29, 1.82) is 0 Å². The molecule has 5 rings (SSSR count). The van der Waals surface area contributed by atoms with Gasteiger partial charge in [-0.2, -0.15) is 0 Å². The van der Waals surface area contributed by atoms with E-state index in [-0.39, 0.29) is 5.57 Å². The third-order valence-corrected chi connectivity index (χ3v) is 6.32. The average Bonchev–Trinajstić information content (AvgIpc) is 3.55. The van der Waals surface area contributed by atoms with Crippen molar-refractivity contribution in [2.45, 2.75) is 19.0 Å². The quantitative estimate of drug-likeness (QED) is 0.278. The number of imidazole rings is 1. The van der Waals surface area contributed by atoms with E-state index in [0.717, 1.165) is 5.56 Å². The van der Waals surface area contributed by atoms with E-state index in [1.807, 2.05) is 89.6 Å². The molecule has 1 aromatic heterocycles. The second-order valence-corrected chi connectivity index (χ2v) is 8.91. The number of aliphatic hydroxyl groups excluding tert-OH is 1. The van der Waals surface area contributed by atoms with Gasteiger partial charge >= 0.3 is 0 Å². The van der Waals surface area contributed by atoms with Crippen molar-refractivity contribution in [3.05, 3.63) is 132 Å². The van der Waals surface area contributed by atoms with Gasteiger partial charge in [0.05, 0.1) is 17.9 Å². The van der Waals surface area contributed by atoms with Crippen molar-refractivity contribution in [3.63, 3.8) is 0 Å². The Bertz CT molecular complexity index is 1460. The van der Waals surface area contributed by atoms with Crippen LogP contribution in [0.5, 0.6) is 11.5 Å². The molecule has 1 N–H and O–H groups in total. The third-order valence-electron chi connectivity index (χ3n) is 6.32. The number of para-hydroxylation sites is 1. The molecule has 1 atom stereocenters. The van der Waals surface area contributed by atoms with Crippen molar-refractivity contribution in [2.24, 2.45) is 0 Å². The molecule has 1 amide bonds. The number of ketones is 1. The van der Waals surface area contributed by atoms with E-state index < -0.39 is 23.5 Å². The summed E-state index contributed by atoms with van der Waals surface area (Å²) in [5, 5.41) is 10.9. The number of rotatable bonds is 10. The van der Waals surface area contributed by atoms with E-state index in [0.29, 0.717) is 36.6 Å². The number of aliphatic hydroxyl groups is 1. The molecule has 2 heterocycles. The number of hydrogen-bond acceptors (Lipinski definition) is 5. The van der Waals surface area contributed by atoms with E-state index in [1.54, 1.807) is 29.6 Å². The van der Waals surface area contributed by atoms with Crippen LogP contribution in [0.3, 0.4) is 0 Å². The van der Waals surface area contributed by atoms with Crippen LogP contribution in [0.15, 0.2) is 121 Å². The Balaban J connectivity index is 1.45. The number of hydrogen-bond donors (Lipinski definition) is 1. The maximum absolute atomic E-state index is 13.4. The van der Waals surface area contributed by atoms with Crippen LogP contribution in [-0.2, 0) is 16.1 Å². The minimum Gasteiger partial charge on any atom is -0.503 e. The predicted octanol–water partition coefficient (Wildman–Crippen LogP) is 5.74. The Morgan fingerprint density at radius 3 is 2.42 bits per heavy atom. The van der Waals surface area contributed by atoms with Crippen LogP contribution in [0.2, 0.25) is 0 Å². The highest BCUT2D eigenvalue weighted by atomic mass is 16.5. The Morgan fingerprint density at radius 2 is 1.68 bits per heavy atom. The van der Waals surface area contributed by atoms with Crippen LogP contribution in [0, 0.1) is 0 Å². The molecule has 0 fully saturated rings. The lowest BCUT2D eigenvalue weighted by atomic mass is 9.95. The lowest BCUT2D eigenvalue weighted by Crippen LogP contribution is -2.32. The zero-order valence-corrected chi connectivity index (χ0v) is 20.7. The monoisotopic (exact) mass is 505 g/mol.